The molecule has 20 heavy (non-hydrogen) atoms. The second-order valence-corrected chi connectivity index (χ2v) is 5.19. The SMILES string of the molecule is CC[C@@](C)(CC(=O)OC)NC(=O)Nc1ccc(Cl)cc1. The van der Waals surface area contributed by atoms with Gasteiger partial charge in [-0.15, -0.1) is 0 Å². The van der Waals surface area contributed by atoms with E-state index in [-0.39, 0.29) is 18.4 Å². The molecule has 6 heteroatoms. The van der Waals surface area contributed by atoms with Crippen LogP contribution in [-0.4, -0.2) is 24.6 Å². The first-order chi connectivity index (χ1) is 9.38. The number of esters is 1. The van der Waals surface area contributed by atoms with Gasteiger partial charge in [0.05, 0.1) is 13.5 Å². The lowest BCUT2D eigenvalue weighted by Gasteiger charge is -2.28. The normalized spacial score (nSPS) is 13.2. The molecule has 0 saturated heterocycles. The van der Waals surface area contributed by atoms with Gasteiger partial charge in [-0.25, -0.2) is 4.79 Å². The Morgan fingerprint density at radius 3 is 2.40 bits per heavy atom. The van der Waals surface area contributed by atoms with Crippen molar-refractivity contribution in [3.8, 4) is 0 Å². The lowest BCUT2D eigenvalue weighted by Crippen LogP contribution is -2.48. The van der Waals surface area contributed by atoms with Crippen LogP contribution in [0.5, 0.6) is 0 Å². The smallest absolute Gasteiger partial charge is 0.319 e. The molecular weight excluding hydrogens is 280 g/mol. The minimum atomic E-state index is -0.649. The minimum absolute atomic E-state index is 0.119. The zero-order valence-electron chi connectivity index (χ0n) is 11.8. The summed E-state index contributed by atoms with van der Waals surface area (Å²) in [5.41, 5.74) is -0.0210. The standard InChI is InChI=1S/C14H19ClN2O3/c1-4-14(2,9-12(18)20-3)17-13(19)16-11-7-5-10(15)6-8-11/h5-8H,4,9H2,1-3H3,(H2,16,17,19)/t14-/m0/s1. The number of methoxy groups -OCH3 is 1. The highest BCUT2D eigenvalue weighted by molar-refractivity contribution is 6.30. The number of amides is 2. The first-order valence-corrected chi connectivity index (χ1v) is 6.68. The molecule has 1 rings (SSSR count). The average Bonchev–Trinajstić information content (AvgIpc) is 2.41. The van der Waals surface area contributed by atoms with E-state index in [0.29, 0.717) is 17.1 Å². The second kappa shape index (κ2) is 7.14. The molecule has 0 aliphatic heterocycles. The first kappa shape index (κ1) is 16.3. The Hall–Kier alpha value is -1.75. The molecule has 1 aromatic carbocycles. The molecule has 1 atom stereocenters. The molecule has 0 heterocycles. The highest BCUT2D eigenvalue weighted by Crippen LogP contribution is 2.17. The molecule has 0 unspecified atom stereocenters. The summed E-state index contributed by atoms with van der Waals surface area (Å²) in [6.45, 7) is 3.69. The Bertz CT molecular complexity index is 476. The van der Waals surface area contributed by atoms with E-state index >= 15 is 0 Å². The van der Waals surface area contributed by atoms with E-state index in [4.69, 9.17) is 11.6 Å². The van der Waals surface area contributed by atoms with Gasteiger partial charge in [0.2, 0.25) is 0 Å². The van der Waals surface area contributed by atoms with Crippen molar-refractivity contribution in [2.75, 3.05) is 12.4 Å². The third-order valence-corrected chi connectivity index (χ3v) is 3.31. The molecule has 0 bridgehead atoms. The monoisotopic (exact) mass is 298 g/mol. The molecule has 0 saturated carbocycles. The summed E-state index contributed by atoms with van der Waals surface area (Å²) < 4.78 is 4.64. The third-order valence-electron chi connectivity index (χ3n) is 3.06. The fraction of sp³-hybridized carbons (Fsp3) is 0.429. The van der Waals surface area contributed by atoms with Crippen LogP contribution in [0.25, 0.3) is 0 Å². The molecule has 5 nitrogen and oxygen atoms in total. The van der Waals surface area contributed by atoms with Gasteiger partial charge >= 0.3 is 12.0 Å². The van der Waals surface area contributed by atoms with Gasteiger partial charge in [0.25, 0.3) is 0 Å². The van der Waals surface area contributed by atoms with Crippen molar-refractivity contribution in [2.45, 2.75) is 32.2 Å². The zero-order valence-corrected chi connectivity index (χ0v) is 12.6. The van der Waals surface area contributed by atoms with Crippen molar-refractivity contribution in [1.82, 2.24) is 5.32 Å². The molecule has 2 N–H and O–H groups in total. The predicted octanol–water partition coefficient (Wildman–Crippen LogP) is 3.19. The van der Waals surface area contributed by atoms with Crippen LogP contribution in [-0.2, 0) is 9.53 Å². The van der Waals surface area contributed by atoms with Crippen LogP contribution in [0.3, 0.4) is 0 Å². The second-order valence-electron chi connectivity index (χ2n) is 4.75. The maximum absolute atomic E-state index is 11.9. The molecule has 0 radical (unpaired) electrons. The number of nitrogens with one attached hydrogen (secondary N) is 2. The van der Waals surface area contributed by atoms with Gasteiger partial charge in [-0.1, -0.05) is 18.5 Å². The summed E-state index contributed by atoms with van der Waals surface area (Å²) in [6, 6.07) is 6.40. The van der Waals surface area contributed by atoms with Crippen molar-refractivity contribution < 1.29 is 14.3 Å². The third kappa shape index (κ3) is 5.09. The number of halogens is 1. The molecule has 0 aliphatic carbocycles. The van der Waals surface area contributed by atoms with Crippen LogP contribution in [0.2, 0.25) is 5.02 Å². The summed E-state index contributed by atoms with van der Waals surface area (Å²) in [6.07, 6.45) is 0.726. The average molecular weight is 299 g/mol. The quantitative estimate of drug-likeness (QED) is 0.820. The van der Waals surface area contributed by atoms with Crippen molar-refractivity contribution in [3.63, 3.8) is 0 Å². The van der Waals surface area contributed by atoms with Gasteiger partial charge < -0.3 is 15.4 Å². The van der Waals surface area contributed by atoms with E-state index in [1.165, 1.54) is 7.11 Å². The summed E-state index contributed by atoms with van der Waals surface area (Å²) in [4.78, 5) is 23.3. The van der Waals surface area contributed by atoms with Crippen LogP contribution < -0.4 is 10.6 Å². The Morgan fingerprint density at radius 2 is 1.90 bits per heavy atom. The lowest BCUT2D eigenvalue weighted by molar-refractivity contribution is -0.142. The van der Waals surface area contributed by atoms with Crippen LogP contribution in [0.4, 0.5) is 10.5 Å². The van der Waals surface area contributed by atoms with E-state index in [0.717, 1.165) is 0 Å². The maximum atomic E-state index is 11.9. The maximum Gasteiger partial charge on any atom is 0.319 e. The van der Waals surface area contributed by atoms with Crippen molar-refractivity contribution >= 4 is 29.3 Å². The summed E-state index contributed by atoms with van der Waals surface area (Å²) in [5, 5.41) is 6.07. The molecule has 0 aromatic heterocycles. The number of anilines is 1. The highest BCUT2D eigenvalue weighted by atomic mass is 35.5. The van der Waals surface area contributed by atoms with E-state index < -0.39 is 5.54 Å². The Labute approximate surface area is 123 Å². The Balaban J connectivity index is 2.63. The number of hydrogen-bond donors (Lipinski definition) is 2. The Kier molecular flexibility index (Phi) is 5.82. The minimum Gasteiger partial charge on any atom is -0.469 e. The number of rotatable bonds is 5. The zero-order chi connectivity index (χ0) is 15.2. The highest BCUT2D eigenvalue weighted by Gasteiger charge is 2.28. The molecule has 1 aromatic rings. The van der Waals surface area contributed by atoms with Gasteiger partial charge in [-0.05, 0) is 37.6 Å². The number of carbonyl (C=O) groups excluding carboxylic acids is 2. The van der Waals surface area contributed by atoms with Crippen LogP contribution in [0, 0.1) is 0 Å². The molecular formula is C14H19ClN2O3. The summed E-state index contributed by atoms with van der Waals surface area (Å²) in [7, 11) is 1.33. The molecule has 110 valence electrons. The molecule has 0 spiro atoms. The lowest BCUT2D eigenvalue weighted by atomic mass is 9.95. The molecule has 0 fully saturated rings. The largest absolute Gasteiger partial charge is 0.469 e. The van der Waals surface area contributed by atoms with E-state index in [1.807, 2.05) is 6.92 Å². The van der Waals surface area contributed by atoms with Gasteiger partial charge in [0, 0.05) is 16.2 Å². The van der Waals surface area contributed by atoms with E-state index in [2.05, 4.69) is 15.4 Å². The Morgan fingerprint density at radius 1 is 1.30 bits per heavy atom. The fourth-order valence-corrected chi connectivity index (χ4v) is 1.74. The number of carbonyl (C=O) groups is 2. The molecule has 2 amide bonds. The number of urea groups is 1. The van der Waals surface area contributed by atoms with Gasteiger partial charge in [-0.2, -0.15) is 0 Å². The summed E-state index contributed by atoms with van der Waals surface area (Å²) in [5.74, 6) is -0.360. The number of hydrogen-bond acceptors (Lipinski definition) is 3. The van der Waals surface area contributed by atoms with Crippen LogP contribution >= 0.6 is 11.6 Å². The summed E-state index contributed by atoms with van der Waals surface area (Å²) >= 11 is 5.77. The van der Waals surface area contributed by atoms with Gasteiger partial charge in [0.15, 0.2) is 0 Å². The van der Waals surface area contributed by atoms with Crippen LogP contribution in [0.1, 0.15) is 26.7 Å². The fourth-order valence-electron chi connectivity index (χ4n) is 1.62. The number of ether oxygens (including phenoxy) is 1. The van der Waals surface area contributed by atoms with Gasteiger partial charge in [-0.3, -0.25) is 4.79 Å². The first-order valence-electron chi connectivity index (χ1n) is 6.30. The van der Waals surface area contributed by atoms with Crippen molar-refractivity contribution in [3.05, 3.63) is 29.3 Å². The van der Waals surface area contributed by atoms with Crippen LogP contribution in [0.15, 0.2) is 24.3 Å². The van der Waals surface area contributed by atoms with Crippen molar-refractivity contribution in [1.29, 1.82) is 0 Å². The topological polar surface area (TPSA) is 67.4 Å². The van der Waals surface area contributed by atoms with E-state index in [9.17, 15) is 9.59 Å². The predicted molar refractivity (Wildman–Crippen MR) is 78.9 cm³/mol. The molecule has 0 aliphatic rings. The number of benzene rings is 1. The van der Waals surface area contributed by atoms with Crippen molar-refractivity contribution in [2.24, 2.45) is 0 Å². The van der Waals surface area contributed by atoms with Gasteiger partial charge in [0.1, 0.15) is 0 Å². The van der Waals surface area contributed by atoms with E-state index in [1.54, 1.807) is 31.2 Å².